The van der Waals surface area contributed by atoms with Crippen molar-refractivity contribution in [1.29, 1.82) is 0 Å². The number of para-hydroxylation sites is 2. The van der Waals surface area contributed by atoms with Crippen LogP contribution >= 0.6 is 0 Å². The van der Waals surface area contributed by atoms with Crippen LogP contribution in [0.3, 0.4) is 0 Å². The van der Waals surface area contributed by atoms with Gasteiger partial charge in [0, 0.05) is 13.2 Å². The molecular weight excluding hydrogens is 280 g/mol. The Morgan fingerprint density at radius 1 is 0.773 bits per heavy atom. The molecule has 0 aliphatic heterocycles. The summed E-state index contributed by atoms with van der Waals surface area (Å²) < 4.78 is 22.9. The van der Waals surface area contributed by atoms with Crippen molar-refractivity contribution in [1.82, 2.24) is 0 Å². The van der Waals surface area contributed by atoms with Crippen LogP contribution in [0.5, 0.6) is 11.5 Å². The van der Waals surface area contributed by atoms with E-state index in [1.165, 1.54) is 0 Å². The third-order valence-corrected chi connectivity index (χ3v) is 3.00. The van der Waals surface area contributed by atoms with Crippen LogP contribution in [0.4, 0.5) is 0 Å². The fraction of sp³-hybridized carbons (Fsp3) is 0.667. The summed E-state index contributed by atoms with van der Waals surface area (Å²) in [5.41, 5.74) is 0. The monoisotopic (exact) mass is 310 g/mol. The number of benzene rings is 1. The van der Waals surface area contributed by atoms with Crippen molar-refractivity contribution >= 4 is 0 Å². The van der Waals surface area contributed by atoms with Gasteiger partial charge in [-0.25, -0.2) is 0 Å². The van der Waals surface area contributed by atoms with Crippen LogP contribution in [0.25, 0.3) is 0 Å². The van der Waals surface area contributed by atoms with Crippen LogP contribution in [-0.2, 0) is 9.47 Å². The summed E-state index contributed by atoms with van der Waals surface area (Å²) in [5.74, 6) is 1.52. The fourth-order valence-electron chi connectivity index (χ4n) is 1.82. The van der Waals surface area contributed by atoms with Crippen LogP contribution < -0.4 is 9.47 Å². The predicted molar refractivity (Wildman–Crippen MR) is 88.6 cm³/mol. The second-order valence-electron chi connectivity index (χ2n) is 5.13. The zero-order valence-electron chi connectivity index (χ0n) is 14.2. The molecule has 0 amide bonds. The van der Waals surface area contributed by atoms with Gasteiger partial charge in [-0.15, -0.1) is 0 Å². The van der Waals surface area contributed by atoms with Crippen molar-refractivity contribution < 1.29 is 18.9 Å². The van der Waals surface area contributed by atoms with E-state index in [0.717, 1.165) is 37.2 Å². The van der Waals surface area contributed by atoms with Crippen LogP contribution in [-0.4, -0.2) is 32.7 Å². The lowest BCUT2D eigenvalue weighted by Gasteiger charge is -2.19. The van der Waals surface area contributed by atoms with Gasteiger partial charge in [-0.05, 0) is 31.4 Å². The minimum Gasteiger partial charge on any atom is -0.490 e. The van der Waals surface area contributed by atoms with Gasteiger partial charge in [0.05, 0.1) is 6.61 Å². The Morgan fingerprint density at radius 2 is 1.36 bits per heavy atom. The van der Waals surface area contributed by atoms with Gasteiger partial charge in [-0.3, -0.25) is 0 Å². The molecule has 4 nitrogen and oxygen atoms in total. The van der Waals surface area contributed by atoms with Gasteiger partial charge >= 0.3 is 0 Å². The predicted octanol–water partition coefficient (Wildman–Crippen LogP) is 4.42. The summed E-state index contributed by atoms with van der Waals surface area (Å²) in [6.45, 7) is 8.72. The quantitative estimate of drug-likeness (QED) is 0.399. The molecule has 0 aliphatic rings. The van der Waals surface area contributed by atoms with Crippen LogP contribution in [0.15, 0.2) is 24.3 Å². The molecule has 0 saturated heterocycles. The molecule has 0 aromatic heterocycles. The van der Waals surface area contributed by atoms with Crippen molar-refractivity contribution in [2.24, 2.45) is 0 Å². The molecule has 0 heterocycles. The lowest BCUT2D eigenvalue weighted by molar-refractivity contribution is -0.158. The van der Waals surface area contributed by atoms with E-state index in [-0.39, 0.29) is 6.29 Å². The zero-order valence-corrected chi connectivity index (χ0v) is 14.2. The number of hydrogen-bond acceptors (Lipinski definition) is 4. The van der Waals surface area contributed by atoms with Gasteiger partial charge in [-0.1, -0.05) is 39.3 Å². The Morgan fingerprint density at radius 3 is 1.91 bits per heavy atom. The first-order valence-electron chi connectivity index (χ1n) is 8.39. The molecule has 0 fully saturated rings. The first kappa shape index (κ1) is 18.8. The maximum Gasteiger partial charge on any atom is 0.191 e. The third-order valence-electron chi connectivity index (χ3n) is 3.00. The van der Waals surface area contributed by atoms with Crippen LogP contribution in [0, 0.1) is 0 Å². The third kappa shape index (κ3) is 7.66. The highest BCUT2D eigenvalue weighted by molar-refractivity contribution is 5.39. The minimum absolute atomic E-state index is 0.330. The first-order valence-corrected chi connectivity index (χ1v) is 8.39. The average molecular weight is 310 g/mol. The van der Waals surface area contributed by atoms with Crippen molar-refractivity contribution in [3.8, 4) is 11.5 Å². The second-order valence-corrected chi connectivity index (χ2v) is 5.13. The van der Waals surface area contributed by atoms with E-state index in [2.05, 4.69) is 20.8 Å². The Bertz CT molecular complexity index is 373. The molecule has 0 bridgehead atoms. The highest BCUT2D eigenvalue weighted by Crippen LogP contribution is 2.27. The molecule has 1 rings (SSSR count). The smallest absolute Gasteiger partial charge is 0.191 e. The van der Waals surface area contributed by atoms with E-state index < -0.39 is 0 Å². The van der Waals surface area contributed by atoms with E-state index >= 15 is 0 Å². The molecule has 0 N–H and O–H groups in total. The number of rotatable bonds is 13. The van der Waals surface area contributed by atoms with Gasteiger partial charge in [0.1, 0.15) is 6.61 Å². The number of unbranched alkanes of at least 4 members (excludes halogenated alkanes) is 1. The largest absolute Gasteiger partial charge is 0.490 e. The van der Waals surface area contributed by atoms with Crippen molar-refractivity contribution in [2.45, 2.75) is 52.7 Å². The van der Waals surface area contributed by atoms with Gasteiger partial charge in [-0.2, -0.15) is 0 Å². The molecule has 0 atom stereocenters. The topological polar surface area (TPSA) is 36.9 Å². The Balaban J connectivity index is 2.51. The summed E-state index contributed by atoms with van der Waals surface area (Å²) in [5, 5.41) is 0. The molecule has 126 valence electrons. The van der Waals surface area contributed by atoms with Crippen molar-refractivity contribution in [3.63, 3.8) is 0 Å². The molecular formula is C18H30O4. The van der Waals surface area contributed by atoms with Gasteiger partial charge in [0.2, 0.25) is 0 Å². The summed E-state index contributed by atoms with van der Waals surface area (Å²) in [6.07, 6.45) is 3.74. The van der Waals surface area contributed by atoms with Crippen LogP contribution in [0.2, 0.25) is 0 Å². The normalized spacial score (nSPS) is 10.9. The highest BCUT2D eigenvalue weighted by Gasteiger charge is 2.12. The molecule has 0 saturated carbocycles. The maximum absolute atomic E-state index is 5.85. The van der Waals surface area contributed by atoms with E-state index in [9.17, 15) is 0 Å². The number of hydrogen-bond donors (Lipinski definition) is 0. The summed E-state index contributed by atoms with van der Waals surface area (Å²) in [7, 11) is 0. The minimum atomic E-state index is -0.330. The molecule has 0 aliphatic carbocycles. The Labute approximate surface area is 134 Å². The van der Waals surface area contributed by atoms with Gasteiger partial charge < -0.3 is 18.9 Å². The Hall–Kier alpha value is -1.26. The Kier molecular flexibility index (Phi) is 10.5. The molecule has 0 radical (unpaired) electrons. The SMILES string of the molecule is CCCCOc1ccccc1OCC(OCCC)OCCC. The first-order chi connectivity index (χ1) is 10.8. The van der Waals surface area contributed by atoms with Crippen molar-refractivity contribution in [2.75, 3.05) is 26.4 Å². The average Bonchev–Trinajstić information content (AvgIpc) is 2.55. The van der Waals surface area contributed by atoms with Gasteiger partial charge in [0.25, 0.3) is 0 Å². The summed E-state index contributed by atoms with van der Waals surface area (Å²) in [4.78, 5) is 0. The molecule has 1 aromatic rings. The highest BCUT2D eigenvalue weighted by atomic mass is 16.7. The lowest BCUT2D eigenvalue weighted by Crippen LogP contribution is -2.26. The molecule has 1 aromatic carbocycles. The zero-order chi connectivity index (χ0) is 16.0. The molecule has 4 heteroatoms. The van der Waals surface area contributed by atoms with E-state index in [4.69, 9.17) is 18.9 Å². The molecule has 0 spiro atoms. The molecule has 0 unspecified atom stereocenters. The van der Waals surface area contributed by atoms with Crippen LogP contribution in [0.1, 0.15) is 46.5 Å². The van der Waals surface area contributed by atoms with E-state index in [1.54, 1.807) is 0 Å². The summed E-state index contributed by atoms with van der Waals surface area (Å²) in [6, 6.07) is 7.74. The standard InChI is InChI=1S/C18H30O4/c1-4-7-14-19-16-10-8-9-11-17(16)22-15-18(20-12-5-2)21-13-6-3/h8-11,18H,4-7,12-15H2,1-3H3. The maximum atomic E-state index is 5.85. The van der Waals surface area contributed by atoms with E-state index in [0.29, 0.717) is 26.4 Å². The van der Waals surface area contributed by atoms with E-state index in [1.807, 2.05) is 24.3 Å². The number of ether oxygens (including phenoxy) is 4. The van der Waals surface area contributed by atoms with Crippen molar-refractivity contribution in [3.05, 3.63) is 24.3 Å². The van der Waals surface area contributed by atoms with Gasteiger partial charge in [0.15, 0.2) is 17.8 Å². The lowest BCUT2D eigenvalue weighted by atomic mass is 10.3. The second kappa shape index (κ2) is 12.3. The molecule has 22 heavy (non-hydrogen) atoms. The fourth-order valence-corrected chi connectivity index (χ4v) is 1.82. The summed E-state index contributed by atoms with van der Waals surface area (Å²) >= 11 is 0.